The van der Waals surface area contributed by atoms with E-state index in [2.05, 4.69) is 15.1 Å². The maximum absolute atomic E-state index is 13.9. The maximum Gasteiger partial charge on any atom is 0.295 e. The normalized spacial score (nSPS) is 17.0. The fraction of sp³-hybridized carbons (Fsp3) is 0.412. The summed E-state index contributed by atoms with van der Waals surface area (Å²) in [5.74, 6) is 0.0111. The third-order valence-corrected chi connectivity index (χ3v) is 4.65. The highest BCUT2D eigenvalue weighted by molar-refractivity contribution is 5.66. The van der Waals surface area contributed by atoms with Crippen LogP contribution >= 0.6 is 0 Å². The van der Waals surface area contributed by atoms with Gasteiger partial charge < -0.3 is 14.5 Å². The van der Waals surface area contributed by atoms with Crippen LogP contribution in [0.15, 0.2) is 30.5 Å². The molecule has 1 aromatic carbocycles. The number of methoxy groups -OCH3 is 1. The zero-order valence-electron chi connectivity index (χ0n) is 14.6. The predicted molar refractivity (Wildman–Crippen MR) is 95.3 cm³/mol. The minimum atomic E-state index is -0.749. The molecule has 26 heavy (non-hydrogen) atoms. The highest BCUT2D eigenvalue weighted by Gasteiger charge is 2.29. The lowest BCUT2D eigenvalue weighted by atomic mass is 10.0. The highest BCUT2D eigenvalue weighted by atomic mass is 19.1. The predicted octanol–water partition coefficient (Wildman–Crippen LogP) is 2.64. The Kier molecular flexibility index (Phi) is 5.15. The molecule has 1 unspecified atom stereocenters. The number of nitro benzene ring substituents is 1. The van der Waals surface area contributed by atoms with Crippen molar-refractivity contribution >= 4 is 17.2 Å². The Morgan fingerprint density at radius 3 is 2.92 bits per heavy atom. The van der Waals surface area contributed by atoms with Gasteiger partial charge in [-0.2, -0.15) is 5.10 Å². The Hall–Kier alpha value is -2.97. The monoisotopic (exact) mass is 361 g/mol. The molecule has 0 N–H and O–H groups in total. The number of ether oxygens (including phenoxy) is 1. The number of halogens is 1. The van der Waals surface area contributed by atoms with E-state index in [-0.39, 0.29) is 17.5 Å². The third-order valence-electron chi connectivity index (χ3n) is 4.65. The smallest absolute Gasteiger partial charge is 0.295 e. The van der Waals surface area contributed by atoms with Crippen LogP contribution in [0.25, 0.3) is 0 Å². The molecule has 0 bridgehead atoms. The average molecular weight is 361 g/mol. The molecule has 2 aromatic rings. The van der Waals surface area contributed by atoms with Crippen molar-refractivity contribution in [2.24, 2.45) is 0 Å². The van der Waals surface area contributed by atoms with Crippen LogP contribution in [-0.2, 0) is 0 Å². The molecule has 8 nitrogen and oxygen atoms in total. The Morgan fingerprint density at radius 2 is 2.27 bits per heavy atom. The number of aromatic nitrogens is 2. The van der Waals surface area contributed by atoms with Crippen LogP contribution in [-0.4, -0.2) is 48.4 Å². The van der Waals surface area contributed by atoms with Crippen LogP contribution in [0.2, 0.25) is 0 Å². The first-order valence-electron chi connectivity index (χ1n) is 8.28. The third kappa shape index (κ3) is 3.51. The van der Waals surface area contributed by atoms with Crippen LogP contribution in [0.5, 0.6) is 5.75 Å². The number of likely N-dealkylation sites (N-methyl/N-ethyl adjacent to an activating group) is 1. The SMILES string of the molecule is COc1cc(N(C)C2CCCN(c3cccnn3)C2)c([N+](=O)[O-])cc1F. The van der Waals surface area contributed by atoms with E-state index in [1.54, 1.807) is 13.2 Å². The van der Waals surface area contributed by atoms with Crippen molar-refractivity contribution in [3.8, 4) is 5.75 Å². The summed E-state index contributed by atoms with van der Waals surface area (Å²) in [5, 5.41) is 19.4. The molecule has 9 heteroatoms. The second-order valence-corrected chi connectivity index (χ2v) is 6.17. The number of nitrogens with zero attached hydrogens (tertiary/aromatic N) is 5. The minimum Gasteiger partial charge on any atom is -0.494 e. The molecular formula is C17H20FN5O3. The van der Waals surface area contributed by atoms with Gasteiger partial charge in [0.2, 0.25) is 0 Å². The van der Waals surface area contributed by atoms with E-state index in [1.807, 2.05) is 17.0 Å². The molecule has 0 amide bonds. The van der Waals surface area contributed by atoms with Crippen molar-refractivity contribution in [1.29, 1.82) is 0 Å². The summed E-state index contributed by atoms with van der Waals surface area (Å²) in [6, 6.07) is 6.02. The van der Waals surface area contributed by atoms with Crippen LogP contribution in [0.4, 0.5) is 21.6 Å². The van der Waals surface area contributed by atoms with Gasteiger partial charge in [-0.05, 0) is 25.0 Å². The lowest BCUT2D eigenvalue weighted by Gasteiger charge is -2.38. The van der Waals surface area contributed by atoms with Gasteiger partial charge >= 0.3 is 0 Å². The Bertz CT molecular complexity index is 789. The van der Waals surface area contributed by atoms with E-state index in [0.717, 1.165) is 31.3 Å². The molecule has 1 fully saturated rings. The molecule has 1 saturated heterocycles. The maximum atomic E-state index is 13.9. The largest absolute Gasteiger partial charge is 0.494 e. The molecule has 0 radical (unpaired) electrons. The summed E-state index contributed by atoms with van der Waals surface area (Å²) in [5.41, 5.74) is 0.0571. The van der Waals surface area contributed by atoms with Gasteiger partial charge in [0, 0.05) is 38.4 Å². The van der Waals surface area contributed by atoms with Crippen molar-refractivity contribution < 1.29 is 14.1 Å². The molecule has 1 aliphatic heterocycles. The number of rotatable bonds is 5. The van der Waals surface area contributed by atoms with Gasteiger partial charge in [0.1, 0.15) is 5.69 Å². The molecule has 1 aliphatic rings. The van der Waals surface area contributed by atoms with Crippen molar-refractivity contribution in [3.63, 3.8) is 0 Å². The molecule has 1 aromatic heterocycles. The van der Waals surface area contributed by atoms with Gasteiger partial charge in [0.25, 0.3) is 5.69 Å². The van der Waals surface area contributed by atoms with Crippen LogP contribution in [0, 0.1) is 15.9 Å². The Labute approximate surface area is 150 Å². The van der Waals surface area contributed by atoms with E-state index in [9.17, 15) is 14.5 Å². The molecule has 138 valence electrons. The van der Waals surface area contributed by atoms with Gasteiger partial charge in [-0.1, -0.05) is 0 Å². The standard InChI is InChI=1S/C17H20FN5O3/c1-21(14-10-16(26-2)13(18)9-15(14)23(24)25)12-5-4-8-22(11-12)17-6-3-7-19-20-17/h3,6-7,9-10,12H,4-5,8,11H2,1-2H3. The first-order chi connectivity index (χ1) is 12.5. The van der Waals surface area contributed by atoms with Crippen molar-refractivity contribution in [1.82, 2.24) is 10.2 Å². The molecule has 0 spiro atoms. The van der Waals surface area contributed by atoms with Crippen molar-refractivity contribution in [2.45, 2.75) is 18.9 Å². The first kappa shape index (κ1) is 17.8. The number of hydrogen-bond acceptors (Lipinski definition) is 7. The molecule has 1 atom stereocenters. The van der Waals surface area contributed by atoms with Gasteiger partial charge in [-0.25, -0.2) is 4.39 Å². The van der Waals surface area contributed by atoms with E-state index in [0.29, 0.717) is 12.2 Å². The summed E-state index contributed by atoms with van der Waals surface area (Å²) >= 11 is 0. The number of nitro groups is 1. The zero-order valence-corrected chi connectivity index (χ0v) is 14.6. The molecule has 0 aliphatic carbocycles. The van der Waals surface area contributed by atoms with Gasteiger partial charge in [-0.3, -0.25) is 10.1 Å². The number of piperidine rings is 1. The summed E-state index contributed by atoms with van der Waals surface area (Å²) < 4.78 is 18.9. The van der Waals surface area contributed by atoms with Crippen LogP contribution in [0.3, 0.4) is 0 Å². The van der Waals surface area contributed by atoms with E-state index in [1.165, 1.54) is 13.2 Å². The van der Waals surface area contributed by atoms with E-state index < -0.39 is 10.7 Å². The van der Waals surface area contributed by atoms with Gasteiger partial charge in [-0.15, -0.1) is 5.10 Å². The molecular weight excluding hydrogens is 341 g/mol. The Balaban J connectivity index is 1.88. The fourth-order valence-electron chi connectivity index (χ4n) is 3.26. The van der Waals surface area contributed by atoms with E-state index >= 15 is 0 Å². The fourth-order valence-corrected chi connectivity index (χ4v) is 3.26. The van der Waals surface area contributed by atoms with Crippen LogP contribution < -0.4 is 14.5 Å². The van der Waals surface area contributed by atoms with E-state index in [4.69, 9.17) is 4.74 Å². The quantitative estimate of drug-likeness (QED) is 0.598. The molecule has 0 saturated carbocycles. The second kappa shape index (κ2) is 7.51. The Morgan fingerprint density at radius 1 is 1.46 bits per heavy atom. The number of anilines is 2. The van der Waals surface area contributed by atoms with Crippen molar-refractivity contribution in [3.05, 3.63) is 46.4 Å². The zero-order chi connectivity index (χ0) is 18.7. The lowest BCUT2D eigenvalue weighted by molar-refractivity contribution is -0.384. The number of benzene rings is 1. The van der Waals surface area contributed by atoms with Gasteiger partial charge in [0.15, 0.2) is 17.4 Å². The van der Waals surface area contributed by atoms with Gasteiger partial charge in [0.05, 0.1) is 18.1 Å². The van der Waals surface area contributed by atoms with Crippen LogP contribution in [0.1, 0.15) is 12.8 Å². The molecule has 2 heterocycles. The molecule has 3 rings (SSSR count). The van der Waals surface area contributed by atoms with Crippen molar-refractivity contribution in [2.75, 3.05) is 37.0 Å². The summed E-state index contributed by atoms with van der Waals surface area (Å²) in [6.45, 7) is 1.49. The minimum absolute atomic E-state index is 0.0135. The highest BCUT2D eigenvalue weighted by Crippen LogP contribution is 2.36. The average Bonchev–Trinajstić information content (AvgIpc) is 2.68. The summed E-state index contributed by atoms with van der Waals surface area (Å²) in [7, 11) is 3.12. The number of hydrogen-bond donors (Lipinski definition) is 0. The lowest BCUT2D eigenvalue weighted by Crippen LogP contribution is -2.47. The summed E-state index contributed by atoms with van der Waals surface area (Å²) in [6.07, 6.45) is 3.40. The first-order valence-corrected chi connectivity index (χ1v) is 8.28. The second-order valence-electron chi connectivity index (χ2n) is 6.17. The summed E-state index contributed by atoms with van der Waals surface area (Å²) in [4.78, 5) is 14.7. The topological polar surface area (TPSA) is 84.6 Å².